The molecule has 0 unspecified atom stereocenters. The molecule has 0 fully saturated rings. The molecule has 6 aromatic rings. The summed E-state index contributed by atoms with van der Waals surface area (Å²) in [5.41, 5.74) is 11.6. The minimum absolute atomic E-state index is 0.00842. The van der Waals surface area contributed by atoms with Crippen LogP contribution in [0.15, 0.2) is 115 Å². The van der Waals surface area contributed by atoms with E-state index in [2.05, 4.69) is 104 Å². The van der Waals surface area contributed by atoms with Crippen LogP contribution >= 0.6 is 0 Å². The molecule has 0 aromatic heterocycles. The van der Waals surface area contributed by atoms with Gasteiger partial charge in [-0.25, -0.2) is 0 Å². The molecule has 0 bridgehead atoms. The average molecular weight is 705 g/mol. The van der Waals surface area contributed by atoms with Crippen molar-refractivity contribution in [2.24, 2.45) is 0 Å². The highest BCUT2D eigenvalue weighted by Crippen LogP contribution is 2.48. The first kappa shape index (κ1) is 37.3. The third-order valence-electron chi connectivity index (χ3n) is 10.5. The summed E-state index contributed by atoms with van der Waals surface area (Å²) in [4.78, 5) is 0. The third-order valence-corrected chi connectivity index (χ3v) is 10.5. The van der Waals surface area contributed by atoms with Crippen LogP contribution in [0, 0.1) is 0 Å². The number of aromatic hydroxyl groups is 4. The van der Waals surface area contributed by atoms with Gasteiger partial charge in [0, 0.05) is 17.0 Å². The second-order valence-corrected chi connectivity index (χ2v) is 15.6. The van der Waals surface area contributed by atoms with Crippen LogP contribution in [0.3, 0.4) is 0 Å². The molecular formula is C49H52O4. The molecule has 0 radical (unpaired) electrons. The van der Waals surface area contributed by atoms with E-state index in [1.807, 2.05) is 54.6 Å². The number of hydrogen-bond donors (Lipinski definition) is 4. The minimum Gasteiger partial charge on any atom is -0.508 e. The zero-order valence-corrected chi connectivity index (χ0v) is 32.1. The van der Waals surface area contributed by atoms with Crippen molar-refractivity contribution in [3.8, 4) is 56.4 Å². The first-order valence-electron chi connectivity index (χ1n) is 18.8. The van der Waals surface area contributed by atoms with Crippen molar-refractivity contribution in [1.29, 1.82) is 0 Å². The lowest BCUT2D eigenvalue weighted by molar-refractivity contribution is 0.448. The Bertz CT molecular complexity index is 2110. The van der Waals surface area contributed by atoms with E-state index in [9.17, 15) is 20.4 Å². The average Bonchev–Trinajstić information content (AvgIpc) is 3.13. The molecule has 272 valence electrons. The van der Waals surface area contributed by atoms with Gasteiger partial charge in [-0.1, -0.05) is 122 Å². The molecule has 53 heavy (non-hydrogen) atoms. The zero-order chi connectivity index (χ0) is 38.1. The minimum atomic E-state index is -0.543. The van der Waals surface area contributed by atoms with Crippen molar-refractivity contribution in [1.82, 2.24) is 0 Å². The molecule has 0 aliphatic rings. The van der Waals surface area contributed by atoms with Crippen molar-refractivity contribution in [2.45, 2.75) is 85.0 Å². The number of hydrogen-bond acceptors (Lipinski definition) is 4. The molecule has 0 aliphatic carbocycles. The monoisotopic (exact) mass is 704 g/mol. The molecule has 4 heteroatoms. The van der Waals surface area contributed by atoms with Crippen molar-refractivity contribution in [2.75, 3.05) is 0 Å². The lowest BCUT2D eigenvalue weighted by Crippen LogP contribution is -2.08. The molecule has 0 heterocycles. The van der Waals surface area contributed by atoms with Crippen LogP contribution in [0.4, 0.5) is 0 Å². The largest absolute Gasteiger partial charge is 0.508 e. The Labute approximate surface area is 315 Å². The lowest BCUT2D eigenvalue weighted by atomic mass is 9.78. The molecule has 0 aliphatic heterocycles. The van der Waals surface area contributed by atoms with E-state index >= 15 is 0 Å². The lowest BCUT2D eigenvalue weighted by Gasteiger charge is -2.27. The van der Waals surface area contributed by atoms with E-state index < -0.39 is 5.92 Å². The van der Waals surface area contributed by atoms with Gasteiger partial charge in [0.1, 0.15) is 23.0 Å². The van der Waals surface area contributed by atoms with Crippen LogP contribution in [-0.4, -0.2) is 20.4 Å². The summed E-state index contributed by atoms with van der Waals surface area (Å²) in [5, 5.41) is 45.9. The van der Waals surface area contributed by atoms with E-state index in [0.717, 1.165) is 61.2 Å². The Kier molecular flexibility index (Phi) is 10.7. The van der Waals surface area contributed by atoms with Crippen LogP contribution < -0.4 is 0 Å². The highest BCUT2D eigenvalue weighted by atomic mass is 16.3. The van der Waals surface area contributed by atoms with Crippen molar-refractivity contribution >= 4 is 0 Å². The second-order valence-electron chi connectivity index (χ2n) is 15.6. The summed E-state index contributed by atoms with van der Waals surface area (Å²) in [6.45, 7) is 16.6. The molecule has 4 nitrogen and oxygen atoms in total. The van der Waals surface area contributed by atoms with Gasteiger partial charge in [-0.3, -0.25) is 0 Å². The molecule has 4 N–H and O–H groups in total. The maximum atomic E-state index is 12.3. The maximum Gasteiger partial charge on any atom is 0.123 e. The highest BCUT2D eigenvalue weighted by molar-refractivity contribution is 5.75. The summed E-state index contributed by atoms with van der Waals surface area (Å²) in [6.07, 6.45) is 0. The Morgan fingerprint density at radius 3 is 1.06 bits per heavy atom. The Morgan fingerprint density at radius 1 is 0.321 bits per heavy atom. The number of benzene rings is 6. The predicted octanol–water partition coefficient (Wildman–Crippen LogP) is 13.2. The third kappa shape index (κ3) is 7.55. The van der Waals surface area contributed by atoms with Crippen molar-refractivity contribution in [3.63, 3.8) is 0 Å². The molecule has 0 amide bonds. The van der Waals surface area contributed by atoms with Crippen LogP contribution in [0.1, 0.15) is 124 Å². The van der Waals surface area contributed by atoms with Gasteiger partial charge in [-0.05, 0) is 133 Å². The zero-order valence-electron chi connectivity index (χ0n) is 32.1. The molecule has 0 atom stereocenters. The molecular weight excluding hydrogens is 653 g/mol. The Morgan fingerprint density at radius 2 is 0.660 bits per heavy atom. The Hall–Kier alpha value is -5.48. The van der Waals surface area contributed by atoms with E-state index in [-0.39, 0.29) is 46.7 Å². The Balaban J connectivity index is 1.66. The fourth-order valence-corrected chi connectivity index (χ4v) is 7.43. The van der Waals surface area contributed by atoms with Gasteiger partial charge in [-0.15, -0.1) is 0 Å². The SMILES string of the molecule is CC(C)c1cc(-c2cc(C(C)C)c(O)c(C(c3ccc(-c4ccccc4)cc3)c3cc(-c4ccc(O)c(C(C)C)c4)cc(C(C)C)c3O)c2)ccc1O. The fraction of sp³-hybridized carbons (Fsp3) is 0.265. The van der Waals surface area contributed by atoms with Crippen LogP contribution in [-0.2, 0) is 0 Å². The van der Waals surface area contributed by atoms with E-state index in [1.54, 1.807) is 12.1 Å². The van der Waals surface area contributed by atoms with Gasteiger partial charge >= 0.3 is 0 Å². The van der Waals surface area contributed by atoms with E-state index in [1.165, 1.54) is 0 Å². The van der Waals surface area contributed by atoms with E-state index in [4.69, 9.17) is 0 Å². The summed E-state index contributed by atoms with van der Waals surface area (Å²) >= 11 is 0. The first-order chi connectivity index (χ1) is 25.2. The van der Waals surface area contributed by atoms with Gasteiger partial charge in [0.25, 0.3) is 0 Å². The maximum absolute atomic E-state index is 12.3. The fourth-order valence-electron chi connectivity index (χ4n) is 7.43. The summed E-state index contributed by atoms with van der Waals surface area (Å²) in [7, 11) is 0. The van der Waals surface area contributed by atoms with Gasteiger partial charge in [-0.2, -0.15) is 0 Å². The van der Waals surface area contributed by atoms with Crippen LogP contribution in [0.25, 0.3) is 33.4 Å². The molecule has 0 saturated carbocycles. The number of rotatable bonds is 10. The topological polar surface area (TPSA) is 80.9 Å². The quantitative estimate of drug-likeness (QED) is 0.107. The molecule has 6 rings (SSSR count). The highest BCUT2D eigenvalue weighted by Gasteiger charge is 2.29. The summed E-state index contributed by atoms with van der Waals surface area (Å²) in [5.74, 6) is 0.649. The second kappa shape index (κ2) is 15.2. The van der Waals surface area contributed by atoms with E-state index in [0.29, 0.717) is 11.1 Å². The molecule has 6 aromatic carbocycles. The predicted molar refractivity (Wildman–Crippen MR) is 220 cm³/mol. The normalized spacial score (nSPS) is 11.8. The first-order valence-corrected chi connectivity index (χ1v) is 18.8. The van der Waals surface area contributed by atoms with Gasteiger partial charge in [0.15, 0.2) is 0 Å². The number of phenolic OH excluding ortho intramolecular Hbond substituents is 4. The summed E-state index contributed by atoms with van der Waals surface area (Å²) in [6, 6.07) is 38.3. The van der Waals surface area contributed by atoms with Crippen LogP contribution in [0.2, 0.25) is 0 Å². The van der Waals surface area contributed by atoms with Crippen LogP contribution in [0.5, 0.6) is 23.0 Å². The molecule has 0 spiro atoms. The van der Waals surface area contributed by atoms with Gasteiger partial charge in [0.2, 0.25) is 0 Å². The van der Waals surface area contributed by atoms with Gasteiger partial charge in [0.05, 0.1) is 0 Å². The number of phenols is 4. The van der Waals surface area contributed by atoms with Crippen molar-refractivity contribution < 1.29 is 20.4 Å². The summed E-state index contributed by atoms with van der Waals surface area (Å²) < 4.78 is 0. The molecule has 0 saturated heterocycles. The van der Waals surface area contributed by atoms with Gasteiger partial charge < -0.3 is 20.4 Å². The van der Waals surface area contributed by atoms with Crippen molar-refractivity contribution in [3.05, 3.63) is 154 Å². The standard InChI is InChI=1S/C49H52O4/c1-28(2)39-22-35(18-20-45(39)50)37-24-41(30(5)6)48(52)43(26-37)47(34-16-14-33(15-17-34)32-12-10-9-11-13-32)44-27-38(25-42(31(7)8)49(44)53)36-19-21-46(51)40(23-36)29(3)4/h9-31,47,50-53H,1-8H3. The smallest absolute Gasteiger partial charge is 0.123 e.